The zero-order chi connectivity index (χ0) is 24.9. The summed E-state index contributed by atoms with van der Waals surface area (Å²) in [7, 11) is 0.105. The molecule has 0 saturated heterocycles. The molecular formula is C25H32N4O4Si. The number of amides is 2. The highest BCUT2D eigenvalue weighted by Gasteiger charge is 2.24. The van der Waals surface area contributed by atoms with Crippen molar-refractivity contribution in [3.05, 3.63) is 76.2 Å². The van der Waals surface area contributed by atoms with Crippen molar-refractivity contribution in [2.24, 2.45) is 0 Å². The van der Waals surface area contributed by atoms with Gasteiger partial charge in [0.05, 0.1) is 21.6 Å². The summed E-state index contributed by atoms with van der Waals surface area (Å²) in [6, 6.07) is 13.8. The molecule has 1 aromatic heterocycles. The van der Waals surface area contributed by atoms with Crippen molar-refractivity contribution < 1.29 is 14.3 Å². The first-order chi connectivity index (χ1) is 16.1. The quantitative estimate of drug-likeness (QED) is 0.410. The first-order valence-corrected chi connectivity index (χ1v) is 14.7. The van der Waals surface area contributed by atoms with E-state index in [1.807, 2.05) is 31.2 Å². The smallest absolute Gasteiger partial charge is 0.267 e. The number of benzene rings is 2. The molecule has 3 rings (SSSR count). The number of carbonyl (C=O) groups is 2. The van der Waals surface area contributed by atoms with Crippen LogP contribution < -0.4 is 26.1 Å². The molecule has 0 radical (unpaired) electrons. The number of aryl methyl sites for hydroxylation is 1. The molecule has 3 aromatic rings. The molecule has 0 aliphatic carbocycles. The van der Waals surface area contributed by atoms with Crippen LogP contribution in [0.2, 0.25) is 19.6 Å². The third-order valence-electron chi connectivity index (χ3n) is 5.58. The molecule has 0 bridgehead atoms. The summed E-state index contributed by atoms with van der Waals surface area (Å²) in [5, 5.41) is 9.63. The molecule has 9 heteroatoms. The van der Waals surface area contributed by atoms with Gasteiger partial charge in [0.25, 0.3) is 11.5 Å². The fraction of sp³-hybridized carbons (Fsp3) is 0.320. The Morgan fingerprint density at radius 3 is 2.24 bits per heavy atom. The van der Waals surface area contributed by atoms with Crippen molar-refractivity contribution in [3.63, 3.8) is 0 Å². The SMILES string of the molecule is CCn1cc(CC(=O)NC(C(=O)Nc2ccc([Si](C)(C)C)cc2)c2ccc(OC)cc2)c(=O)[nH]1. The highest BCUT2D eigenvalue weighted by molar-refractivity contribution is 6.88. The largest absolute Gasteiger partial charge is 0.497 e. The Labute approximate surface area is 200 Å². The van der Waals surface area contributed by atoms with Gasteiger partial charge in [-0.15, -0.1) is 0 Å². The molecule has 2 amide bonds. The van der Waals surface area contributed by atoms with Gasteiger partial charge in [-0.3, -0.25) is 24.2 Å². The fourth-order valence-electron chi connectivity index (χ4n) is 3.53. The Kier molecular flexibility index (Phi) is 7.78. The second kappa shape index (κ2) is 10.6. The summed E-state index contributed by atoms with van der Waals surface area (Å²) in [5.74, 6) is -0.160. The molecule has 8 nitrogen and oxygen atoms in total. The predicted octanol–water partition coefficient (Wildman–Crippen LogP) is 2.79. The number of nitrogens with one attached hydrogen (secondary N) is 3. The molecule has 180 valence electrons. The van der Waals surface area contributed by atoms with Gasteiger partial charge in [-0.25, -0.2) is 0 Å². The molecular weight excluding hydrogens is 448 g/mol. The normalized spacial score (nSPS) is 12.1. The van der Waals surface area contributed by atoms with Gasteiger partial charge in [0.1, 0.15) is 11.8 Å². The Morgan fingerprint density at radius 1 is 1.06 bits per heavy atom. The molecule has 2 aromatic carbocycles. The van der Waals surface area contributed by atoms with E-state index in [2.05, 4.69) is 35.4 Å². The minimum absolute atomic E-state index is 0.132. The van der Waals surface area contributed by atoms with E-state index in [1.54, 1.807) is 42.3 Å². The number of carbonyl (C=O) groups excluding carboxylic acids is 2. The van der Waals surface area contributed by atoms with E-state index in [0.29, 0.717) is 29.1 Å². The van der Waals surface area contributed by atoms with Gasteiger partial charge in [0.2, 0.25) is 5.91 Å². The summed E-state index contributed by atoms with van der Waals surface area (Å²) in [6.45, 7) is 9.26. The monoisotopic (exact) mass is 480 g/mol. The second-order valence-corrected chi connectivity index (χ2v) is 14.2. The van der Waals surface area contributed by atoms with Crippen molar-refractivity contribution in [1.82, 2.24) is 15.1 Å². The number of hydrogen-bond donors (Lipinski definition) is 3. The van der Waals surface area contributed by atoms with Gasteiger partial charge in [-0.1, -0.05) is 49.1 Å². The first kappa shape index (κ1) is 25.0. The number of aromatic amines is 1. The van der Waals surface area contributed by atoms with E-state index < -0.39 is 20.0 Å². The summed E-state index contributed by atoms with van der Waals surface area (Å²) in [5.41, 5.74) is 1.28. The van der Waals surface area contributed by atoms with Crippen LogP contribution in [0.5, 0.6) is 5.75 Å². The Hall–Kier alpha value is -3.59. The Morgan fingerprint density at radius 2 is 1.71 bits per heavy atom. The number of hydrogen-bond acceptors (Lipinski definition) is 4. The van der Waals surface area contributed by atoms with E-state index in [4.69, 9.17) is 4.74 Å². The van der Waals surface area contributed by atoms with E-state index in [-0.39, 0.29) is 17.9 Å². The molecule has 0 aliphatic rings. The fourth-order valence-corrected chi connectivity index (χ4v) is 4.69. The van der Waals surface area contributed by atoms with Crippen LogP contribution in [-0.2, 0) is 22.6 Å². The van der Waals surface area contributed by atoms with Crippen LogP contribution in [0.15, 0.2) is 59.5 Å². The van der Waals surface area contributed by atoms with Gasteiger partial charge >= 0.3 is 0 Å². The van der Waals surface area contributed by atoms with Crippen molar-refractivity contribution >= 4 is 30.8 Å². The summed E-state index contributed by atoms with van der Waals surface area (Å²) < 4.78 is 6.82. The van der Waals surface area contributed by atoms with Gasteiger partial charge in [0.15, 0.2) is 0 Å². The molecule has 0 spiro atoms. The lowest BCUT2D eigenvalue weighted by Gasteiger charge is -2.20. The molecule has 1 atom stereocenters. The van der Waals surface area contributed by atoms with Crippen molar-refractivity contribution in [2.75, 3.05) is 12.4 Å². The van der Waals surface area contributed by atoms with E-state index in [1.165, 1.54) is 5.19 Å². The van der Waals surface area contributed by atoms with Gasteiger partial charge in [-0.2, -0.15) is 0 Å². The average Bonchev–Trinajstić information content (AvgIpc) is 3.16. The van der Waals surface area contributed by atoms with Crippen LogP contribution in [0.25, 0.3) is 0 Å². The molecule has 3 N–H and O–H groups in total. The number of ether oxygens (including phenoxy) is 1. The number of methoxy groups -OCH3 is 1. The zero-order valence-corrected chi connectivity index (χ0v) is 21.3. The first-order valence-electron chi connectivity index (χ1n) is 11.2. The van der Waals surface area contributed by atoms with Gasteiger partial charge in [0, 0.05) is 24.0 Å². The lowest BCUT2D eigenvalue weighted by atomic mass is 10.0. The van der Waals surface area contributed by atoms with E-state index in [0.717, 1.165) is 0 Å². The number of nitrogens with zero attached hydrogens (tertiary/aromatic N) is 1. The van der Waals surface area contributed by atoms with E-state index >= 15 is 0 Å². The minimum atomic E-state index is -1.46. The molecule has 0 aliphatic heterocycles. The van der Waals surface area contributed by atoms with E-state index in [9.17, 15) is 14.4 Å². The maximum Gasteiger partial charge on any atom is 0.267 e. The van der Waals surface area contributed by atoms with Crippen molar-refractivity contribution in [3.8, 4) is 5.75 Å². The van der Waals surface area contributed by atoms with Crippen molar-refractivity contribution in [1.29, 1.82) is 0 Å². The lowest BCUT2D eigenvalue weighted by Crippen LogP contribution is -2.39. The van der Waals surface area contributed by atoms with Crippen LogP contribution in [0.1, 0.15) is 24.1 Å². The van der Waals surface area contributed by atoms with Crippen molar-refractivity contribution in [2.45, 2.75) is 45.6 Å². The van der Waals surface area contributed by atoms with Crippen LogP contribution >= 0.6 is 0 Å². The highest BCUT2D eigenvalue weighted by atomic mass is 28.3. The van der Waals surface area contributed by atoms with Crippen LogP contribution in [-0.4, -0.2) is 36.8 Å². The maximum absolute atomic E-state index is 13.2. The van der Waals surface area contributed by atoms with Gasteiger partial charge < -0.3 is 15.4 Å². The lowest BCUT2D eigenvalue weighted by molar-refractivity contribution is -0.126. The maximum atomic E-state index is 13.2. The van der Waals surface area contributed by atoms with Gasteiger partial charge in [-0.05, 0) is 36.8 Å². The summed E-state index contributed by atoms with van der Waals surface area (Å²) in [6.07, 6.45) is 1.48. The molecule has 1 unspecified atom stereocenters. The van der Waals surface area contributed by atoms with Crippen LogP contribution in [0, 0.1) is 0 Å². The standard InChI is InChI=1S/C25H32N4O4Si/c1-6-29-16-18(24(31)28-29)15-22(30)27-23(17-7-11-20(33-2)12-8-17)25(32)26-19-9-13-21(14-10-19)34(3,4)5/h7-14,16,23H,6,15H2,1-5H3,(H,26,32)(H,27,30)(H,28,31). The topological polar surface area (TPSA) is 105 Å². The molecule has 1 heterocycles. The number of anilines is 1. The van der Waals surface area contributed by atoms with Crippen LogP contribution in [0.4, 0.5) is 5.69 Å². The third-order valence-corrected chi connectivity index (χ3v) is 7.64. The summed E-state index contributed by atoms with van der Waals surface area (Å²) >= 11 is 0. The Balaban J connectivity index is 1.81. The molecule has 34 heavy (non-hydrogen) atoms. The van der Waals surface area contributed by atoms with Crippen LogP contribution in [0.3, 0.4) is 0 Å². The second-order valence-electron chi connectivity index (χ2n) is 9.15. The summed E-state index contributed by atoms with van der Waals surface area (Å²) in [4.78, 5) is 38.1. The Bertz CT molecular complexity index is 1190. The number of rotatable bonds is 9. The average molecular weight is 481 g/mol. The molecule has 0 saturated carbocycles. The number of aromatic nitrogens is 2. The highest BCUT2D eigenvalue weighted by Crippen LogP contribution is 2.20. The number of H-pyrrole nitrogens is 1. The minimum Gasteiger partial charge on any atom is -0.497 e. The zero-order valence-electron chi connectivity index (χ0n) is 20.3. The predicted molar refractivity (Wildman–Crippen MR) is 136 cm³/mol. The third kappa shape index (κ3) is 6.25. The molecule has 0 fully saturated rings.